The summed E-state index contributed by atoms with van der Waals surface area (Å²) in [7, 11) is 0. The first-order valence-electron chi connectivity index (χ1n) is 6.68. The van der Waals surface area contributed by atoms with Gasteiger partial charge in [-0.2, -0.15) is 0 Å². The van der Waals surface area contributed by atoms with Crippen molar-refractivity contribution in [2.24, 2.45) is 5.92 Å². The zero-order valence-corrected chi connectivity index (χ0v) is 12.4. The van der Waals surface area contributed by atoms with E-state index in [9.17, 15) is 0 Å². The van der Waals surface area contributed by atoms with Gasteiger partial charge in [-0.1, -0.05) is 19.1 Å². The van der Waals surface area contributed by atoms with Crippen molar-refractivity contribution in [3.63, 3.8) is 0 Å². The van der Waals surface area contributed by atoms with Crippen LogP contribution in [0.4, 0.5) is 0 Å². The number of benzene rings is 1. The summed E-state index contributed by atoms with van der Waals surface area (Å²) < 4.78 is 3.05. The van der Waals surface area contributed by atoms with Gasteiger partial charge in [0.15, 0.2) is 0 Å². The van der Waals surface area contributed by atoms with Crippen LogP contribution in [-0.2, 0) is 6.54 Å². The molecule has 0 amide bonds. The third-order valence-corrected chi connectivity index (χ3v) is 3.83. The van der Waals surface area contributed by atoms with Crippen molar-refractivity contribution >= 4 is 21.6 Å². The second-order valence-electron chi connectivity index (χ2n) is 5.17. The van der Waals surface area contributed by atoms with Crippen molar-refractivity contribution in [1.29, 1.82) is 0 Å². The van der Waals surface area contributed by atoms with E-state index in [1.54, 1.807) is 11.3 Å². The summed E-state index contributed by atoms with van der Waals surface area (Å²) in [6.45, 7) is 6.14. The van der Waals surface area contributed by atoms with Gasteiger partial charge in [-0.05, 0) is 30.7 Å². The standard InChI is InChI=1S/C14H17N5S/c1-10(2)6-15-7-12-8-17-18-19(12)11-3-4-13-14(5-11)20-9-16-13/h3-5,8-10,15H,6-7H2,1-2H3. The Kier molecular flexibility index (Phi) is 3.75. The van der Waals surface area contributed by atoms with Gasteiger partial charge in [0.1, 0.15) is 0 Å². The first-order chi connectivity index (χ1) is 9.74. The molecule has 2 aromatic heterocycles. The highest BCUT2D eigenvalue weighted by Crippen LogP contribution is 2.21. The van der Waals surface area contributed by atoms with Crippen molar-refractivity contribution in [1.82, 2.24) is 25.3 Å². The summed E-state index contributed by atoms with van der Waals surface area (Å²) >= 11 is 1.64. The van der Waals surface area contributed by atoms with E-state index in [0.29, 0.717) is 5.92 Å². The zero-order valence-electron chi connectivity index (χ0n) is 11.6. The second kappa shape index (κ2) is 5.68. The van der Waals surface area contributed by atoms with Gasteiger partial charge in [0, 0.05) is 6.54 Å². The van der Waals surface area contributed by atoms with E-state index in [0.717, 1.165) is 30.0 Å². The molecule has 1 N–H and O–H groups in total. The predicted octanol–water partition coefficient (Wildman–Crippen LogP) is 2.62. The molecule has 0 unspecified atom stereocenters. The molecule has 1 aromatic carbocycles. The van der Waals surface area contributed by atoms with Crippen molar-refractivity contribution in [3.05, 3.63) is 35.6 Å². The van der Waals surface area contributed by atoms with E-state index in [-0.39, 0.29) is 0 Å². The molecule has 0 saturated heterocycles. The highest BCUT2D eigenvalue weighted by Gasteiger charge is 2.07. The Morgan fingerprint density at radius 3 is 3.10 bits per heavy atom. The molecule has 5 nitrogen and oxygen atoms in total. The molecule has 0 atom stereocenters. The third kappa shape index (κ3) is 2.71. The fraction of sp³-hybridized carbons (Fsp3) is 0.357. The van der Waals surface area contributed by atoms with Crippen molar-refractivity contribution in [2.75, 3.05) is 6.54 Å². The molecule has 3 rings (SSSR count). The molecule has 20 heavy (non-hydrogen) atoms. The van der Waals surface area contributed by atoms with Crippen LogP contribution in [0.25, 0.3) is 15.9 Å². The van der Waals surface area contributed by atoms with E-state index < -0.39 is 0 Å². The lowest BCUT2D eigenvalue weighted by Crippen LogP contribution is -2.20. The highest BCUT2D eigenvalue weighted by molar-refractivity contribution is 7.16. The number of thiazole rings is 1. The highest BCUT2D eigenvalue weighted by atomic mass is 32.1. The molecule has 0 aliphatic heterocycles. The molecular weight excluding hydrogens is 270 g/mol. The summed E-state index contributed by atoms with van der Waals surface area (Å²) in [5, 5.41) is 11.6. The average Bonchev–Trinajstić information content (AvgIpc) is 3.05. The number of aromatic nitrogens is 4. The maximum atomic E-state index is 4.29. The predicted molar refractivity (Wildman–Crippen MR) is 81.1 cm³/mol. The van der Waals surface area contributed by atoms with Crippen LogP contribution in [0.5, 0.6) is 0 Å². The van der Waals surface area contributed by atoms with Gasteiger partial charge >= 0.3 is 0 Å². The molecule has 2 heterocycles. The summed E-state index contributed by atoms with van der Waals surface area (Å²) in [5.41, 5.74) is 4.98. The van der Waals surface area contributed by atoms with Crippen LogP contribution in [-0.4, -0.2) is 26.5 Å². The normalized spacial score (nSPS) is 11.6. The van der Waals surface area contributed by atoms with Crippen LogP contribution >= 0.6 is 11.3 Å². The van der Waals surface area contributed by atoms with Crippen LogP contribution in [0, 0.1) is 5.92 Å². The minimum atomic E-state index is 0.632. The molecule has 104 valence electrons. The minimum Gasteiger partial charge on any atom is -0.311 e. The maximum Gasteiger partial charge on any atom is 0.0813 e. The lowest BCUT2D eigenvalue weighted by atomic mass is 10.2. The first kappa shape index (κ1) is 13.2. The Labute approximate surface area is 121 Å². The van der Waals surface area contributed by atoms with Gasteiger partial charge in [0.2, 0.25) is 0 Å². The monoisotopic (exact) mass is 287 g/mol. The number of hydrogen-bond acceptors (Lipinski definition) is 5. The van der Waals surface area contributed by atoms with Gasteiger partial charge < -0.3 is 5.32 Å². The van der Waals surface area contributed by atoms with Crippen LogP contribution in [0.1, 0.15) is 19.5 Å². The van der Waals surface area contributed by atoms with Crippen LogP contribution in [0.15, 0.2) is 29.9 Å². The van der Waals surface area contributed by atoms with E-state index >= 15 is 0 Å². The lowest BCUT2D eigenvalue weighted by molar-refractivity contribution is 0.542. The van der Waals surface area contributed by atoms with Crippen LogP contribution < -0.4 is 5.32 Å². The Balaban J connectivity index is 1.84. The number of nitrogens with zero attached hydrogens (tertiary/aromatic N) is 4. The van der Waals surface area contributed by atoms with E-state index in [1.165, 1.54) is 4.70 Å². The smallest absolute Gasteiger partial charge is 0.0813 e. The summed E-state index contributed by atoms with van der Waals surface area (Å²) in [6.07, 6.45) is 1.81. The molecule has 0 fully saturated rings. The Hall–Kier alpha value is -1.79. The van der Waals surface area contributed by atoms with Crippen molar-refractivity contribution in [2.45, 2.75) is 20.4 Å². The SMILES string of the molecule is CC(C)CNCc1cnnn1-c1ccc2ncsc2c1. The number of nitrogens with one attached hydrogen (secondary N) is 1. The van der Waals surface area contributed by atoms with Crippen LogP contribution in [0.2, 0.25) is 0 Å². The van der Waals surface area contributed by atoms with Crippen LogP contribution in [0.3, 0.4) is 0 Å². The largest absolute Gasteiger partial charge is 0.311 e. The summed E-state index contributed by atoms with van der Waals surface area (Å²) in [6, 6.07) is 6.16. The van der Waals surface area contributed by atoms with Gasteiger partial charge in [-0.3, -0.25) is 0 Å². The fourth-order valence-corrected chi connectivity index (χ4v) is 2.77. The molecule has 0 bridgehead atoms. The lowest BCUT2D eigenvalue weighted by Gasteiger charge is -2.09. The maximum absolute atomic E-state index is 4.29. The Bertz CT molecular complexity index is 700. The summed E-state index contributed by atoms with van der Waals surface area (Å²) in [5.74, 6) is 0.632. The molecule has 3 aromatic rings. The van der Waals surface area contributed by atoms with Crippen molar-refractivity contribution < 1.29 is 0 Å². The topological polar surface area (TPSA) is 55.6 Å². The van der Waals surface area contributed by atoms with Crippen molar-refractivity contribution in [3.8, 4) is 5.69 Å². The third-order valence-electron chi connectivity index (χ3n) is 3.04. The van der Waals surface area contributed by atoms with Gasteiger partial charge in [0.05, 0.1) is 33.3 Å². The van der Waals surface area contributed by atoms with Gasteiger partial charge in [-0.25, -0.2) is 9.67 Å². The zero-order chi connectivity index (χ0) is 13.9. The molecule has 0 aliphatic carbocycles. The average molecular weight is 287 g/mol. The first-order valence-corrected chi connectivity index (χ1v) is 7.56. The van der Waals surface area contributed by atoms with Gasteiger partial charge in [0.25, 0.3) is 0 Å². The van der Waals surface area contributed by atoms with Gasteiger partial charge in [-0.15, -0.1) is 16.4 Å². The second-order valence-corrected chi connectivity index (χ2v) is 6.05. The fourth-order valence-electron chi connectivity index (χ4n) is 2.06. The molecule has 0 spiro atoms. The molecular formula is C14H17N5S. The quantitative estimate of drug-likeness (QED) is 0.783. The molecule has 0 saturated carbocycles. The van der Waals surface area contributed by atoms with E-state index in [1.807, 2.05) is 28.5 Å². The van der Waals surface area contributed by atoms with E-state index in [2.05, 4.69) is 40.5 Å². The van der Waals surface area contributed by atoms with E-state index in [4.69, 9.17) is 0 Å². The number of rotatable bonds is 5. The molecule has 0 aliphatic rings. The molecule has 6 heteroatoms. The minimum absolute atomic E-state index is 0.632. The summed E-state index contributed by atoms with van der Waals surface area (Å²) in [4.78, 5) is 4.29. The number of fused-ring (bicyclic) bond motifs is 1. The molecule has 0 radical (unpaired) electrons. The Morgan fingerprint density at radius 2 is 2.25 bits per heavy atom. The Morgan fingerprint density at radius 1 is 1.35 bits per heavy atom. The number of hydrogen-bond donors (Lipinski definition) is 1.